The van der Waals surface area contributed by atoms with E-state index < -0.39 is 14.9 Å². The van der Waals surface area contributed by atoms with Crippen LogP contribution < -0.4 is 11.3 Å². The molecule has 1 aromatic carbocycles. The molecule has 0 heterocycles. The summed E-state index contributed by atoms with van der Waals surface area (Å²) in [4.78, 5) is 10.1. The van der Waals surface area contributed by atoms with Crippen molar-refractivity contribution in [1.82, 2.24) is 4.31 Å². The predicted molar refractivity (Wildman–Crippen MR) is 80.2 cm³/mol. The maximum Gasteiger partial charge on any atom is 0.293 e. The average Bonchev–Trinajstić information content (AvgIpc) is 2.46. The number of nitrogens with two attached hydrogens (primary N) is 1. The number of sulfonamides is 1. The number of rotatable bonds is 8. The van der Waals surface area contributed by atoms with Crippen molar-refractivity contribution in [3.63, 3.8) is 0 Å². The third-order valence-electron chi connectivity index (χ3n) is 3.10. The average molecular weight is 316 g/mol. The Morgan fingerprint density at radius 2 is 2.05 bits per heavy atom. The number of nitrogens with zero attached hydrogens (tertiary/aromatic N) is 2. The Bertz CT molecular complexity index is 603. The fourth-order valence-electron chi connectivity index (χ4n) is 1.84. The van der Waals surface area contributed by atoms with E-state index in [0.29, 0.717) is 6.54 Å². The van der Waals surface area contributed by atoms with Gasteiger partial charge in [0.15, 0.2) is 0 Å². The molecule has 0 atom stereocenters. The lowest BCUT2D eigenvalue weighted by molar-refractivity contribution is -0.384. The van der Waals surface area contributed by atoms with E-state index in [2.05, 4.69) is 5.43 Å². The van der Waals surface area contributed by atoms with Crippen LogP contribution in [0.2, 0.25) is 0 Å². The number of nitrogens with one attached hydrogen (secondary N) is 1. The molecule has 9 heteroatoms. The molecule has 0 spiro atoms. The minimum Gasteiger partial charge on any atom is -0.318 e. The van der Waals surface area contributed by atoms with Crippen LogP contribution in [0, 0.1) is 10.1 Å². The highest BCUT2D eigenvalue weighted by Crippen LogP contribution is 2.27. The molecule has 1 aromatic rings. The summed E-state index contributed by atoms with van der Waals surface area (Å²) in [6, 6.07) is 3.51. The van der Waals surface area contributed by atoms with E-state index in [4.69, 9.17) is 5.84 Å². The molecule has 1 rings (SSSR count). The van der Waals surface area contributed by atoms with Crippen molar-refractivity contribution in [2.75, 3.05) is 19.0 Å². The molecule has 0 bridgehead atoms. The Balaban J connectivity index is 3.06. The van der Waals surface area contributed by atoms with Crippen molar-refractivity contribution in [1.29, 1.82) is 0 Å². The molecule has 0 aliphatic carbocycles. The highest BCUT2D eigenvalue weighted by molar-refractivity contribution is 7.89. The van der Waals surface area contributed by atoms with Gasteiger partial charge in [0, 0.05) is 19.7 Å². The third kappa shape index (κ3) is 4.13. The van der Waals surface area contributed by atoms with Gasteiger partial charge in [0.25, 0.3) is 5.69 Å². The second-order valence-electron chi connectivity index (χ2n) is 4.61. The second-order valence-corrected chi connectivity index (χ2v) is 6.66. The largest absolute Gasteiger partial charge is 0.318 e. The van der Waals surface area contributed by atoms with Crippen LogP contribution in [0.5, 0.6) is 0 Å². The van der Waals surface area contributed by atoms with Gasteiger partial charge in [-0.05, 0) is 18.6 Å². The number of nitro benzene ring substituents is 1. The van der Waals surface area contributed by atoms with Crippen molar-refractivity contribution in [2.24, 2.45) is 5.84 Å². The number of unbranched alkanes of at least 4 members (excludes halogenated alkanes) is 2. The lowest BCUT2D eigenvalue weighted by Crippen LogP contribution is -2.28. The van der Waals surface area contributed by atoms with E-state index in [9.17, 15) is 18.5 Å². The van der Waals surface area contributed by atoms with Crippen LogP contribution in [0.1, 0.15) is 26.2 Å². The summed E-state index contributed by atoms with van der Waals surface area (Å²) in [6.07, 6.45) is 2.70. The summed E-state index contributed by atoms with van der Waals surface area (Å²) in [5.74, 6) is 5.21. The van der Waals surface area contributed by atoms with Crippen LogP contribution >= 0.6 is 0 Å². The topological polar surface area (TPSA) is 119 Å². The smallest absolute Gasteiger partial charge is 0.293 e. The van der Waals surface area contributed by atoms with Crippen LogP contribution in [-0.4, -0.2) is 31.2 Å². The van der Waals surface area contributed by atoms with Gasteiger partial charge in [-0.2, -0.15) is 0 Å². The molecule has 8 nitrogen and oxygen atoms in total. The number of anilines is 1. The number of benzene rings is 1. The van der Waals surface area contributed by atoms with Gasteiger partial charge in [-0.25, -0.2) is 12.7 Å². The minimum atomic E-state index is -3.68. The number of hydrogen-bond donors (Lipinski definition) is 2. The highest BCUT2D eigenvalue weighted by Gasteiger charge is 2.23. The van der Waals surface area contributed by atoms with Gasteiger partial charge in [0.05, 0.1) is 9.82 Å². The predicted octanol–water partition coefficient (Wildman–Crippen LogP) is 1.69. The first-order valence-corrected chi connectivity index (χ1v) is 8.00. The molecule has 21 heavy (non-hydrogen) atoms. The summed E-state index contributed by atoms with van der Waals surface area (Å²) < 4.78 is 26.0. The first-order chi connectivity index (χ1) is 9.84. The van der Waals surface area contributed by atoms with Crippen LogP contribution in [0.15, 0.2) is 23.1 Å². The van der Waals surface area contributed by atoms with Crippen molar-refractivity contribution >= 4 is 21.4 Å². The first-order valence-electron chi connectivity index (χ1n) is 6.56. The molecule has 0 amide bonds. The molecular weight excluding hydrogens is 296 g/mol. The zero-order chi connectivity index (χ0) is 16.0. The zero-order valence-electron chi connectivity index (χ0n) is 12.1. The maximum absolute atomic E-state index is 12.4. The summed E-state index contributed by atoms with van der Waals surface area (Å²) in [5, 5.41) is 10.8. The Morgan fingerprint density at radius 1 is 1.38 bits per heavy atom. The quantitative estimate of drug-likeness (QED) is 0.326. The van der Waals surface area contributed by atoms with Gasteiger partial charge >= 0.3 is 0 Å². The summed E-state index contributed by atoms with van der Waals surface area (Å²) in [7, 11) is -2.19. The van der Waals surface area contributed by atoms with Crippen LogP contribution in [0.4, 0.5) is 11.4 Å². The number of hydrazine groups is 1. The molecule has 3 N–H and O–H groups in total. The van der Waals surface area contributed by atoms with Gasteiger partial charge in [0.1, 0.15) is 5.69 Å². The van der Waals surface area contributed by atoms with Gasteiger partial charge in [-0.1, -0.05) is 19.8 Å². The van der Waals surface area contributed by atoms with Crippen molar-refractivity contribution in [3.8, 4) is 0 Å². The molecule has 118 valence electrons. The van der Waals surface area contributed by atoms with Gasteiger partial charge in [-0.15, -0.1) is 0 Å². The summed E-state index contributed by atoms with van der Waals surface area (Å²) in [5.41, 5.74) is 1.84. The van der Waals surface area contributed by atoms with Crippen LogP contribution in [0.3, 0.4) is 0 Å². The SMILES string of the molecule is CCCCCN(C)S(=O)(=O)c1ccc([N+](=O)[O-])c(NN)c1. The number of nitro groups is 1. The van der Waals surface area contributed by atoms with E-state index in [0.717, 1.165) is 25.3 Å². The van der Waals surface area contributed by atoms with Crippen LogP contribution in [0.25, 0.3) is 0 Å². The van der Waals surface area contributed by atoms with Gasteiger partial charge in [0.2, 0.25) is 10.0 Å². The minimum absolute atomic E-state index is 0.0277. The van der Waals surface area contributed by atoms with E-state index >= 15 is 0 Å². The Labute approximate surface area is 124 Å². The normalized spacial score (nSPS) is 11.6. The van der Waals surface area contributed by atoms with Crippen molar-refractivity contribution in [3.05, 3.63) is 28.3 Å². The summed E-state index contributed by atoms with van der Waals surface area (Å²) >= 11 is 0. The Kier molecular flexibility index (Phi) is 6.06. The number of nitrogen functional groups attached to an aromatic ring is 1. The first kappa shape index (κ1) is 17.3. The molecule has 0 radical (unpaired) electrons. The van der Waals surface area contributed by atoms with Crippen molar-refractivity contribution < 1.29 is 13.3 Å². The van der Waals surface area contributed by atoms with E-state index in [1.165, 1.54) is 23.5 Å². The lowest BCUT2D eigenvalue weighted by Gasteiger charge is -2.17. The van der Waals surface area contributed by atoms with E-state index in [1.54, 1.807) is 0 Å². The highest BCUT2D eigenvalue weighted by atomic mass is 32.2. The Morgan fingerprint density at radius 3 is 2.57 bits per heavy atom. The van der Waals surface area contributed by atoms with Gasteiger partial charge < -0.3 is 5.43 Å². The Hall–Kier alpha value is -1.71. The lowest BCUT2D eigenvalue weighted by atomic mass is 10.2. The fourth-order valence-corrected chi connectivity index (χ4v) is 3.07. The fraction of sp³-hybridized carbons (Fsp3) is 0.500. The molecule has 0 unspecified atom stereocenters. The standard InChI is InChI=1S/C12H20N4O4S/c1-3-4-5-8-15(2)21(19,20)10-6-7-12(16(17)18)11(9-10)14-13/h6-7,9,14H,3-5,8,13H2,1-2H3. The molecule has 0 aliphatic heterocycles. The van der Waals surface area contributed by atoms with Gasteiger partial charge in [-0.3, -0.25) is 16.0 Å². The van der Waals surface area contributed by atoms with E-state index in [-0.39, 0.29) is 16.3 Å². The van der Waals surface area contributed by atoms with Crippen LogP contribution in [-0.2, 0) is 10.0 Å². The molecule has 0 saturated carbocycles. The summed E-state index contributed by atoms with van der Waals surface area (Å²) in [6.45, 7) is 2.43. The molecule has 0 aliphatic rings. The van der Waals surface area contributed by atoms with E-state index in [1.807, 2.05) is 6.92 Å². The van der Waals surface area contributed by atoms with Crippen molar-refractivity contribution in [2.45, 2.75) is 31.1 Å². The second kappa shape index (κ2) is 7.34. The molecule has 0 aromatic heterocycles. The molecule has 0 saturated heterocycles. The monoisotopic (exact) mass is 316 g/mol. The molecule has 0 fully saturated rings. The number of hydrogen-bond acceptors (Lipinski definition) is 6. The molecular formula is C12H20N4O4S. The maximum atomic E-state index is 12.4. The zero-order valence-corrected chi connectivity index (χ0v) is 12.9. The third-order valence-corrected chi connectivity index (χ3v) is 4.96.